The third-order valence-electron chi connectivity index (χ3n) is 3.18. The maximum Gasteiger partial charge on any atom is 0.277 e. The van der Waals surface area contributed by atoms with E-state index in [9.17, 15) is 4.79 Å². The Bertz CT molecular complexity index is 841. The SMILES string of the molecule is Cc1ccc(NC(=O)c2nn3cccnc3c2Cl)c(C)c1. The zero-order valence-corrected chi connectivity index (χ0v) is 12.3. The molecule has 0 atom stereocenters. The van der Waals surface area contributed by atoms with Crippen molar-refractivity contribution in [3.05, 3.63) is 58.5 Å². The average Bonchev–Trinajstić information content (AvgIpc) is 2.80. The number of rotatable bonds is 2. The van der Waals surface area contributed by atoms with Crippen molar-refractivity contribution < 1.29 is 4.79 Å². The molecule has 5 nitrogen and oxygen atoms in total. The number of nitrogens with zero attached hydrogens (tertiary/aromatic N) is 3. The van der Waals surface area contributed by atoms with Crippen LogP contribution in [0.15, 0.2) is 36.7 Å². The van der Waals surface area contributed by atoms with Crippen molar-refractivity contribution in [3.8, 4) is 0 Å². The van der Waals surface area contributed by atoms with Gasteiger partial charge in [0.05, 0.1) is 0 Å². The highest BCUT2D eigenvalue weighted by molar-refractivity contribution is 6.37. The van der Waals surface area contributed by atoms with Gasteiger partial charge in [0.2, 0.25) is 0 Å². The van der Waals surface area contributed by atoms with Crippen LogP contribution in [0.25, 0.3) is 5.65 Å². The molecule has 1 N–H and O–H groups in total. The third-order valence-corrected chi connectivity index (χ3v) is 3.53. The van der Waals surface area contributed by atoms with Crippen LogP contribution < -0.4 is 5.32 Å². The van der Waals surface area contributed by atoms with E-state index in [-0.39, 0.29) is 16.6 Å². The number of hydrogen-bond donors (Lipinski definition) is 1. The van der Waals surface area contributed by atoms with E-state index in [0.717, 1.165) is 16.8 Å². The van der Waals surface area contributed by atoms with Gasteiger partial charge >= 0.3 is 0 Å². The van der Waals surface area contributed by atoms with Crippen molar-refractivity contribution in [1.29, 1.82) is 0 Å². The molecule has 0 fully saturated rings. The monoisotopic (exact) mass is 300 g/mol. The summed E-state index contributed by atoms with van der Waals surface area (Å²) in [6.45, 7) is 3.94. The Morgan fingerprint density at radius 3 is 2.86 bits per heavy atom. The predicted molar refractivity (Wildman–Crippen MR) is 81.9 cm³/mol. The first-order chi connectivity index (χ1) is 10.1. The summed E-state index contributed by atoms with van der Waals surface area (Å²) >= 11 is 6.18. The minimum Gasteiger partial charge on any atom is -0.320 e. The first-order valence-electron chi connectivity index (χ1n) is 6.44. The molecule has 3 rings (SSSR count). The maximum absolute atomic E-state index is 12.3. The summed E-state index contributed by atoms with van der Waals surface area (Å²) in [6.07, 6.45) is 3.30. The van der Waals surface area contributed by atoms with Gasteiger partial charge < -0.3 is 5.32 Å². The van der Waals surface area contributed by atoms with Crippen LogP contribution in [0.5, 0.6) is 0 Å². The second-order valence-electron chi connectivity index (χ2n) is 4.82. The molecule has 1 amide bonds. The van der Waals surface area contributed by atoms with Crippen LogP contribution >= 0.6 is 11.6 Å². The van der Waals surface area contributed by atoms with E-state index >= 15 is 0 Å². The zero-order chi connectivity index (χ0) is 15.0. The summed E-state index contributed by atoms with van der Waals surface area (Å²) in [5, 5.41) is 7.24. The van der Waals surface area contributed by atoms with Crippen LogP contribution in [-0.2, 0) is 0 Å². The molecule has 0 aliphatic heterocycles. The molecule has 0 aliphatic rings. The molecule has 2 aromatic heterocycles. The molecule has 0 aliphatic carbocycles. The van der Waals surface area contributed by atoms with Gasteiger partial charge in [0.15, 0.2) is 11.3 Å². The molecule has 3 aromatic rings. The number of amides is 1. The van der Waals surface area contributed by atoms with E-state index in [4.69, 9.17) is 11.6 Å². The summed E-state index contributed by atoms with van der Waals surface area (Å²) in [5.41, 5.74) is 3.49. The molecule has 0 saturated heterocycles. The number of carbonyl (C=O) groups is 1. The number of halogens is 1. The van der Waals surface area contributed by atoms with Gasteiger partial charge in [-0.25, -0.2) is 9.50 Å². The van der Waals surface area contributed by atoms with E-state index in [1.165, 1.54) is 4.52 Å². The predicted octanol–water partition coefficient (Wildman–Crippen LogP) is 3.25. The van der Waals surface area contributed by atoms with Crippen molar-refractivity contribution >= 4 is 28.8 Å². The summed E-state index contributed by atoms with van der Waals surface area (Å²) < 4.78 is 1.49. The van der Waals surface area contributed by atoms with Crippen molar-refractivity contribution in [2.45, 2.75) is 13.8 Å². The van der Waals surface area contributed by atoms with Crippen molar-refractivity contribution in [2.75, 3.05) is 5.32 Å². The Labute approximate surface area is 126 Å². The number of carbonyl (C=O) groups excluding carboxylic acids is 1. The van der Waals surface area contributed by atoms with Crippen molar-refractivity contribution in [2.24, 2.45) is 0 Å². The fraction of sp³-hybridized carbons (Fsp3) is 0.133. The van der Waals surface area contributed by atoms with Gasteiger partial charge in [0.25, 0.3) is 5.91 Å². The lowest BCUT2D eigenvalue weighted by molar-refractivity contribution is 0.102. The van der Waals surface area contributed by atoms with Crippen LogP contribution in [0.4, 0.5) is 5.69 Å². The molecule has 21 heavy (non-hydrogen) atoms. The van der Waals surface area contributed by atoms with Gasteiger partial charge in [-0.15, -0.1) is 0 Å². The highest BCUT2D eigenvalue weighted by Gasteiger charge is 2.19. The van der Waals surface area contributed by atoms with Crippen LogP contribution in [0.3, 0.4) is 0 Å². The molecule has 1 aromatic carbocycles. The molecule has 0 unspecified atom stereocenters. The average molecular weight is 301 g/mol. The normalized spacial score (nSPS) is 10.8. The maximum atomic E-state index is 12.3. The Kier molecular flexibility index (Phi) is 3.35. The molecular weight excluding hydrogens is 288 g/mol. The number of aromatic nitrogens is 3. The number of nitrogens with one attached hydrogen (secondary N) is 1. The highest BCUT2D eigenvalue weighted by atomic mass is 35.5. The molecule has 6 heteroatoms. The largest absolute Gasteiger partial charge is 0.320 e. The minimum atomic E-state index is -0.350. The van der Waals surface area contributed by atoms with Crippen LogP contribution in [-0.4, -0.2) is 20.5 Å². The van der Waals surface area contributed by atoms with Gasteiger partial charge in [-0.05, 0) is 31.5 Å². The lowest BCUT2D eigenvalue weighted by atomic mass is 10.1. The summed E-state index contributed by atoms with van der Waals surface area (Å²) in [7, 11) is 0. The molecular formula is C15H13ClN4O. The summed E-state index contributed by atoms with van der Waals surface area (Å²) in [4.78, 5) is 16.5. The van der Waals surface area contributed by atoms with E-state index < -0.39 is 0 Å². The molecule has 0 saturated carbocycles. The molecule has 0 bridgehead atoms. The summed E-state index contributed by atoms with van der Waals surface area (Å²) in [5.74, 6) is -0.350. The van der Waals surface area contributed by atoms with Gasteiger partial charge in [-0.3, -0.25) is 4.79 Å². The second-order valence-corrected chi connectivity index (χ2v) is 5.20. The minimum absolute atomic E-state index is 0.162. The van der Waals surface area contributed by atoms with Gasteiger partial charge in [0, 0.05) is 18.1 Å². The number of hydrogen-bond acceptors (Lipinski definition) is 3. The molecule has 0 spiro atoms. The number of anilines is 1. The lowest BCUT2D eigenvalue weighted by Gasteiger charge is -2.07. The summed E-state index contributed by atoms with van der Waals surface area (Å²) in [6, 6.07) is 7.53. The van der Waals surface area contributed by atoms with Gasteiger partial charge in [-0.2, -0.15) is 5.10 Å². The van der Waals surface area contributed by atoms with Crippen LogP contribution in [0.1, 0.15) is 21.6 Å². The first-order valence-corrected chi connectivity index (χ1v) is 6.81. The van der Waals surface area contributed by atoms with Gasteiger partial charge in [0.1, 0.15) is 5.02 Å². The Balaban J connectivity index is 1.95. The van der Waals surface area contributed by atoms with E-state index in [1.54, 1.807) is 18.5 Å². The van der Waals surface area contributed by atoms with Crippen LogP contribution in [0, 0.1) is 13.8 Å². The first kappa shape index (κ1) is 13.6. The topological polar surface area (TPSA) is 59.3 Å². The van der Waals surface area contributed by atoms with Crippen molar-refractivity contribution in [3.63, 3.8) is 0 Å². The van der Waals surface area contributed by atoms with E-state index in [2.05, 4.69) is 15.4 Å². The van der Waals surface area contributed by atoms with Crippen LogP contribution in [0.2, 0.25) is 5.02 Å². The third kappa shape index (κ3) is 2.48. The lowest BCUT2D eigenvalue weighted by Crippen LogP contribution is -2.14. The number of benzene rings is 1. The molecule has 0 radical (unpaired) electrons. The zero-order valence-electron chi connectivity index (χ0n) is 11.6. The standard InChI is InChI=1S/C15H13ClN4O/c1-9-4-5-11(10(2)8-9)18-15(21)13-12(16)14-17-6-3-7-20(14)19-13/h3-8H,1-2H3,(H,18,21). The van der Waals surface area contributed by atoms with E-state index in [0.29, 0.717) is 5.65 Å². The smallest absolute Gasteiger partial charge is 0.277 e. The Morgan fingerprint density at radius 2 is 2.14 bits per heavy atom. The molecule has 2 heterocycles. The fourth-order valence-electron chi connectivity index (χ4n) is 2.14. The quantitative estimate of drug-likeness (QED) is 0.790. The van der Waals surface area contributed by atoms with Gasteiger partial charge in [-0.1, -0.05) is 29.3 Å². The Hall–Kier alpha value is -2.40. The number of aryl methyl sites for hydroxylation is 2. The van der Waals surface area contributed by atoms with Crippen molar-refractivity contribution in [1.82, 2.24) is 14.6 Å². The Morgan fingerprint density at radius 1 is 1.33 bits per heavy atom. The molecule has 106 valence electrons. The van der Waals surface area contributed by atoms with E-state index in [1.807, 2.05) is 32.0 Å². The second kappa shape index (κ2) is 5.18. The number of fused-ring (bicyclic) bond motifs is 1. The fourth-order valence-corrected chi connectivity index (χ4v) is 2.40. The highest BCUT2D eigenvalue weighted by Crippen LogP contribution is 2.22.